The third-order valence-electron chi connectivity index (χ3n) is 3.33. The van der Waals surface area contributed by atoms with E-state index in [1.165, 1.54) is 0 Å². The largest absolute Gasteiger partial charge is 0.332 e. The minimum Gasteiger partial charge on any atom is -0.332 e. The van der Waals surface area contributed by atoms with Crippen LogP contribution in [0.5, 0.6) is 0 Å². The first-order valence-corrected chi connectivity index (χ1v) is 6.72. The average molecular weight is 271 g/mol. The van der Waals surface area contributed by atoms with Gasteiger partial charge in [0.15, 0.2) is 11.5 Å². The van der Waals surface area contributed by atoms with Crippen molar-refractivity contribution in [1.82, 2.24) is 19.9 Å². The van der Waals surface area contributed by atoms with Gasteiger partial charge in [-0.15, -0.1) is 0 Å². The fourth-order valence-electron chi connectivity index (χ4n) is 2.29. The van der Waals surface area contributed by atoms with Gasteiger partial charge in [0.25, 0.3) is 5.89 Å². The van der Waals surface area contributed by atoms with Crippen LogP contribution in [0.25, 0.3) is 22.5 Å². The summed E-state index contributed by atoms with van der Waals surface area (Å²) in [6, 6.07) is 7.75. The van der Waals surface area contributed by atoms with Gasteiger partial charge in [-0.1, -0.05) is 36.7 Å². The molecule has 0 spiro atoms. The molecular formula is C14H17N5O. The average Bonchev–Trinajstić information content (AvgIpc) is 3.05. The minimum absolute atomic E-state index is 0.188. The van der Waals surface area contributed by atoms with Gasteiger partial charge in [0.05, 0.1) is 11.6 Å². The van der Waals surface area contributed by atoms with Crippen molar-refractivity contribution in [2.45, 2.75) is 25.8 Å². The summed E-state index contributed by atoms with van der Waals surface area (Å²) in [7, 11) is 1.89. The Hall–Kier alpha value is -2.21. The van der Waals surface area contributed by atoms with Crippen LogP contribution < -0.4 is 5.73 Å². The number of nitrogens with zero attached hydrogens (tertiary/aromatic N) is 4. The van der Waals surface area contributed by atoms with Crippen LogP contribution in [0.1, 0.15) is 31.6 Å². The molecule has 0 aliphatic rings. The summed E-state index contributed by atoms with van der Waals surface area (Å²) in [6.45, 7) is 2.08. The van der Waals surface area contributed by atoms with Crippen LogP contribution in [-0.2, 0) is 7.05 Å². The molecule has 2 N–H and O–H groups in total. The lowest BCUT2D eigenvalue weighted by atomic mass is 10.2. The summed E-state index contributed by atoms with van der Waals surface area (Å²) < 4.78 is 7.13. The van der Waals surface area contributed by atoms with E-state index in [2.05, 4.69) is 22.2 Å². The molecule has 0 fully saturated rings. The molecule has 1 atom stereocenters. The quantitative estimate of drug-likeness (QED) is 0.788. The highest BCUT2D eigenvalue weighted by Gasteiger charge is 2.19. The molecule has 104 valence electrons. The highest BCUT2D eigenvalue weighted by molar-refractivity contribution is 5.91. The van der Waals surface area contributed by atoms with E-state index in [-0.39, 0.29) is 6.04 Å². The molecular weight excluding hydrogens is 254 g/mol. The predicted octanol–water partition coefficient (Wildman–Crippen LogP) is 2.42. The maximum absolute atomic E-state index is 6.00. The Morgan fingerprint density at radius 3 is 2.95 bits per heavy atom. The van der Waals surface area contributed by atoms with Gasteiger partial charge in [0.2, 0.25) is 0 Å². The first-order chi connectivity index (χ1) is 9.70. The van der Waals surface area contributed by atoms with Crippen LogP contribution in [0.3, 0.4) is 0 Å². The zero-order chi connectivity index (χ0) is 14.1. The number of rotatable bonds is 4. The normalized spacial score (nSPS) is 12.9. The predicted molar refractivity (Wildman–Crippen MR) is 75.8 cm³/mol. The first-order valence-electron chi connectivity index (χ1n) is 6.72. The maximum Gasteiger partial charge on any atom is 0.279 e. The fourth-order valence-corrected chi connectivity index (χ4v) is 2.29. The molecule has 6 nitrogen and oxygen atoms in total. The Bertz CT molecular complexity index is 730. The number of hydrogen-bond donors (Lipinski definition) is 1. The summed E-state index contributed by atoms with van der Waals surface area (Å²) >= 11 is 0. The first kappa shape index (κ1) is 12.8. The van der Waals surface area contributed by atoms with Crippen molar-refractivity contribution in [2.75, 3.05) is 0 Å². The second-order valence-corrected chi connectivity index (χ2v) is 4.84. The number of para-hydroxylation sites is 1. The Balaban J connectivity index is 2.03. The number of aryl methyl sites for hydroxylation is 1. The van der Waals surface area contributed by atoms with E-state index in [1.807, 2.05) is 31.3 Å². The van der Waals surface area contributed by atoms with E-state index in [0.717, 1.165) is 23.7 Å². The van der Waals surface area contributed by atoms with Gasteiger partial charge >= 0.3 is 0 Å². The SMILES string of the molecule is CCCC(N)c1noc(-c2nn(C)c3ccccc23)n1. The molecule has 2 aromatic heterocycles. The van der Waals surface area contributed by atoms with E-state index in [0.29, 0.717) is 17.4 Å². The topological polar surface area (TPSA) is 82.8 Å². The van der Waals surface area contributed by atoms with Crippen molar-refractivity contribution in [3.8, 4) is 11.6 Å². The molecule has 3 aromatic rings. The third kappa shape index (κ3) is 2.08. The van der Waals surface area contributed by atoms with E-state index < -0.39 is 0 Å². The Morgan fingerprint density at radius 2 is 2.15 bits per heavy atom. The summed E-state index contributed by atoms with van der Waals surface area (Å²) in [5, 5.41) is 9.42. The van der Waals surface area contributed by atoms with Crippen LogP contribution >= 0.6 is 0 Å². The third-order valence-corrected chi connectivity index (χ3v) is 3.33. The minimum atomic E-state index is -0.188. The van der Waals surface area contributed by atoms with Crippen LogP contribution in [0.2, 0.25) is 0 Å². The van der Waals surface area contributed by atoms with Gasteiger partial charge in [-0.2, -0.15) is 10.1 Å². The fraction of sp³-hybridized carbons (Fsp3) is 0.357. The summed E-state index contributed by atoms with van der Waals surface area (Å²) in [5.41, 5.74) is 7.73. The van der Waals surface area contributed by atoms with Crippen molar-refractivity contribution in [3.05, 3.63) is 30.1 Å². The van der Waals surface area contributed by atoms with Crippen LogP contribution in [-0.4, -0.2) is 19.9 Å². The molecule has 1 aromatic carbocycles. The molecule has 6 heteroatoms. The van der Waals surface area contributed by atoms with Gasteiger partial charge in [0, 0.05) is 12.4 Å². The van der Waals surface area contributed by atoms with Crippen LogP contribution in [0, 0.1) is 0 Å². The van der Waals surface area contributed by atoms with Crippen molar-refractivity contribution in [2.24, 2.45) is 12.8 Å². The molecule has 0 bridgehead atoms. The molecule has 2 heterocycles. The summed E-state index contributed by atoms with van der Waals surface area (Å²) in [5.74, 6) is 0.958. The second kappa shape index (κ2) is 5.05. The van der Waals surface area contributed by atoms with Gasteiger partial charge in [-0.25, -0.2) is 0 Å². The molecule has 20 heavy (non-hydrogen) atoms. The van der Waals surface area contributed by atoms with Crippen molar-refractivity contribution >= 4 is 10.9 Å². The van der Waals surface area contributed by atoms with Crippen LogP contribution in [0.15, 0.2) is 28.8 Å². The van der Waals surface area contributed by atoms with Crippen LogP contribution in [0.4, 0.5) is 0 Å². The van der Waals surface area contributed by atoms with Crippen molar-refractivity contribution in [1.29, 1.82) is 0 Å². The van der Waals surface area contributed by atoms with Gasteiger partial charge in [-0.05, 0) is 12.5 Å². The van der Waals surface area contributed by atoms with E-state index in [9.17, 15) is 0 Å². The Kier molecular flexibility index (Phi) is 3.23. The van der Waals surface area contributed by atoms with Gasteiger partial charge < -0.3 is 10.3 Å². The molecule has 0 saturated heterocycles. The monoisotopic (exact) mass is 271 g/mol. The number of hydrogen-bond acceptors (Lipinski definition) is 5. The number of fused-ring (bicyclic) bond motifs is 1. The smallest absolute Gasteiger partial charge is 0.279 e. The lowest BCUT2D eigenvalue weighted by Gasteiger charge is -2.02. The molecule has 0 aliphatic carbocycles. The molecule has 1 unspecified atom stereocenters. The van der Waals surface area contributed by atoms with Gasteiger partial charge in [0.1, 0.15) is 0 Å². The van der Waals surface area contributed by atoms with Crippen molar-refractivity contribution in [3.63, 3.8) is 0 Å². The number of aromatic nitrogens is 4. The lowest BCUT2D eigenvalue weighted by Crippen LogP contribution is -2.11. The van der Waals surface area contributed by atoms with E-state index in [4.69, 9.17) is 10.3 Å². The maximum atomic E-state index is 6.00. The standard InChI is InChI=1S/C14H17N5O/c1-3-6-10(15)13-16-14(20-18-13)12-9-7-4-5-8-11(9)19(2)17-12/h4-5,7-8,10H,3,6,15H2,1-2H3. The second-order valence-electron chi connectivity index (χ2n) is 4.84. The molecule has 0 saturated carbocycles. The molecule has 0 radical (unpaired) electrons. The van der Waals surface area contributed by atoms with E-state index in [1.54, 1.807) is 4.68 Å². The highest BCUT2D eigenvalue weighted by Crippen LogP contribution is 2.27. The zero-order valence-electron chi connectivity index (χ0n) is 11.6. The van der Waals surface area contributed by atoms with Gasteiger partial charge in [-0.3, -0.25) is 4.68 Å². The molecule has 0 amide bonds. The highest BCUT2D eigenvalue weighted by atomic mass is 16.5. The lowest BCUT2D eigenvalue weighted by molar-refractivity contribution is 0.412. The van der Waals surface area contributed by atoms with Crippen molar-refractivity contribution < 1.29 is 4.52 Å². The summed E-state index contributed by atoms with van der Waals surface area (Å²) in [4.78, 5) is 4.38. The Morgan fingerprint density at radius 1 is 1.35 bits per heavy atom. The number of benzene rings is 1. The molecule has 3 rings (SSSR count). The molecule has 0 aliphatic heterocycles. The number of nitrogens with two attached hydrogens (primary N) is 1. The van der Waals surface area contributed by atoms with E-state index >= 15 is 0 Å². The Labute approximate surface area is 116 Å². The zero-order valence-corrected chi connectivity index (χ0v) is 11.6. The summed E-state index contributed by atoms with van der Waals surface area (Å²) in [6.07, 6.45) is 1.82.